The predicted octanol–water partition coefficient (Wildman–Crippen LogP) is 2.80. The van der Waals surface area contributed by atoms with Crippen molar-refractivity contribution in [2.24, 2.45) is 18.9 Å². The molecule has 1 saturated heterocycles. The first-order valence-electron chi connectivity index (χ1n) is 12.7. The largest absolute Gasteiger partial charge is 0.333 e. The first-order valence-corrected chi connectivity index (χ1v) is 12.7. The number of aryl methyl sites for hydroxylation is 1. The molecule has 196 valence electrons. The lowest BCUT2D eigenvalue weighted by Crippen LogP contribution is -2.53. The second-order valence-electron chi connectivity index (χ2n) is 11.0. The number of rotatable bonds is 7. The summed E-state index contributed by atoms with van der Waals surface area (Å²) in [5.41, 5.74) is 1.13. The van der Waals surface area contributed by atoms with Gasteiger partial charge >= 0.3 is 6.17 Å². The molecule has 0 unspecified atom stereocenters. The molecule has 0 aliphatic carbocycles. The van der Waals surface area contributed by atoms with Gasteiger partial charge in [-0.1, -0.05) is 51.1 Å². The van der Waals surface area contributed by atoms with Crippen LogP contribution in [-0.2, 0) is 26.8 Å². The molecule has 1 N–H and O–H groups in total. The van der Waals surface area contributed by atoms with Crippen LogP contribution in [0.2, 0.25) is 0 Å². The van der Waals surface area contributed by atoms with Crippen molar-refractivity contribution in [2.75, 3.05) is 18.9 Å². The molecule has 1 spiro atoms. The average molecular weight is 506 g/mol. The fourth-order valence-corrected chi connectivity index (χ4v) is 5.65. The number of benzene rings is 1. The minimum atomic E-state index is -0.966. The van der Waals surface area contributed by atoms with E-state index in [1.54, 1.807) is 25.0 Å². The van der Waals surface area contributed by atoms with Crippen molar-refractivity contribution in [2.45, 2.75) is 64.1 Å². The Hall–Kier alpha value is -3.74. The zero-order chi connectivity index (χ0) is 27.1. The Balaban J connectivity index is 1.66. The predicted molar refractivity (Wildman–Crippen MR) is 138 cm³/mol. The molecule has 1 aromatic carbocycles. The van der Waals surface area contributed by atoms with Crippen molar-refractivity contribution in [3.8, 4) is 0 Å². The van der Waals surface area contributed by atoms with Crippen molar-refractivity contribution < 1.29 is 14.4 Å². The fraction of sp³-hybridized carbons (Fsp3) is 0.556. The van der Waals surface area contributed by atoms with Crippen LogP contribution in [-0.4, -0.2) is 68.3 Å². The summed E-state index contributed by atoms with van der Waals surface area (Å²) in [4.78, 5) is 47.9. The van der Waals surface area contributed by atoms with Crippen LogP contribution in [0.15, 0.2) is 30.5 Å². The van der Waals surface area contributed by atoms with Crippen LogP contribution in [0.4, 0.5) is 5.69 Å². The molecule has 1 aromatic heterocycles. The number of hydrogen-bond donors (Lipinski definition) is 1. The maximum atomic E-state index is 14.1. The van der Waals surface area contributed by atoms with Crippen molar-refractivity contribution in [3.05, 3.63) is 53.1 Å². The van der Waals surface area contributed by atoms with Crippen LogP contribution in [0.3, 0.4) is 0 Å². The number of nitrogens with one attached hydrogen (secondary N) is 1. The summed E-state index contributed by atoms with van der Waals surface area (Å²) in [6.45, 7) is 15.8. The smallest absolute Gasteiger partial charge is 0.302 e. The summed E-state index contributed by atoms with van der Waals surface area (Å²) < 4.78 is 1.56. The molecule has 3 amide bonds. The van der Waals surface area contributed by atoms with Crippen LogP contribution in [0.5, 0.6) is 0 Å². The number of fused-ring (bicyclic) bond motifs is 2. The highest BCUT2D eigenvalue weighted by Gasteiger charge is 2.59. The van der Waals surface area contributed by atoms with Gasteiger partial charge in [-0.25, -0.2) is 6.57 Å². The van der Waals surface area contributed by atoms with Crippen LogP contribution < -0.4 is 5.32 Å². The van der Waals surface area contributed by atoms with E-state index in [2.05, 4.69) is 20.5 Å². The minimum absolute atomic E-state index is 0.0637. The van der Waals surface area contributed by atoms with Crippen molar-refractivity contribution in [1.29, 1.82) is 0 Å². The maximum absolute atomic E-state index is 14.1. The van der Waals surface area contributed by atoms with E-state index in [9.17, 15) is 14.4 Å². The maximum Gasteiger partial charge on any atom is 0.302 e. The minimum Gasteiger partial charge on any atom is -0.333 e. The summed E-state index contributed by atoms with van der Waals surface area (Å²) in [5.74, 6) is -1.21. The Bertz CT molecular complexity index is 1250. The van der Waals surface area contributed by atoms with E-state index in [1.807, 2.05) is 52.0 Å². The first-order chi connectivity index (χ1) is 17.5. The van der Waals surface area contributed by atoms with Gasteiger partial charge in [0.15, 0.2) is 0 Å². The van der Waals surface area contributed by atoms with E-state index >= 15 is 0 Å². The van der Waals surface area contributed by atoms with Crippen molar-refractivity contribution in [1.82, 2.24) is 24.8 Å². The normalized spacial score (nSPS) is 22.2. The molecule has 3 heterocycles. The Morgan fingerprint density at radius 1 is 1.27 bits per heavy atom. The zero-order valence-corrected chi connectivity index (χ0v) is 22.3. The number of para-hydroxylation sites is 1. The summed E-state index contributed by atoms with van der Waals surface area (Å²) in [7, 11) is 3.40. The molecule has 2 aromatic rings. The third-order valence-corrected chi connectivity index (χ3v) is 7.56. The summed E-state index contributed by atoms with van der Waals surface area (Å²) >= 11 is 0. The molecular formula is C27H35N7O3. The fourth-order valence-electron chi connectivity index (χ4n) is 5.65. The van der Waals surface area contributed by atoms with Gasteiger partial charge in [0, 0.05) is 32.5 Å². The lowest BCUT2D eigenvalue weighted by atomic mass is 9.80. The number of hydrogen-bond acceptors (Lipinski definition) is 5. The molecule has 37 heavy (non-hydrogen) atoms. The van der Waals surface area contributed by atoms with E-state index in [-0.39, 0.29) is 42.5 Å². The summed E-state index contributed by atoms with van der Waals surface area (Å²) in [6.07, 6.45) is 1.60. The highest BCUT2D eigenvalue weighted by Crippen LogP contribution is 2.47. The van der Waals surface area contributed by atoms with Gasteiger partial charge in [-0.15, -0.1) is 5.10 Å². The third-order valence-electron chi connectivity index (χ3n) is 7.56. The molecular weight excluding hydrogens is 470 g/mol. The van der Waals surface area contributed by atoms with Gasteiger partial charge in [0.25, 0.3) is 5.91 Å². The molecule has 1 fully saturated rings. The standard InChI is InChI=1S/C27H35N7O3/c1-16(2)12-21(33(7)25(36)23(17(3)4)20-14-32(6)31-30-20)24(35)34-15-27(13-22(34)28-5)18-10-8-9-11-19(18)29-26(27)37/h8-11,14,16-17,21-23H,12-13,15H2,1-4,6-7H3,(H,29,37)/t21-,22-,23+,27-/m0/s1. The SMILES string of the molecule is [C-]#[N+][C@@H]1C[C@@]2(CN1C(=O)[C@H](CC(C)C)N(C)C(=O)[C@@H](c1cn(C)nn1)C(C)C)C(=O)Nc1ccccc12. The third kappa shape index (κ3) is 4.59. The Morgan fingerprint density at radius 2 is 1.97 bits per heavy atom. The Labute approximate surface area is 217 Å². The van der Waals surface area contributed by atoms with Crippen LogP contribution in [0.1, 0.15) is 57.7 Å². The average Bonchev–Trinajstić information content (AvgIpc) is 3.53. The monoisotopic (exact) mass is 505 g/mol. The van der Waals surface area contributed by atoms with Crippen molar-refractivity contribution >= 4 is 23.4 Å². The van der Waals surface area contributed by atoms with Gasteiger partial charge < -0.3 is 10.2 Å². The second-order valence-corrected chi connectivity index (χ2v) is 11.0. The number of carbonyl (C=O) groups is 3. The molecule has 2 aliphatic heterocycles. The molecule has 4 rings (SSSR count). The number of amides is 3. The first kappa shape index (κ1) is 26.3. The van der Waals surface area contributed by atoms with Gasteiger partial charge in [-0.2, -0.15) is 0 Å². The van der Waals surface area contributed by atoms with E-state index in [0.717, 1.165) is 11.3 Å². The molecule has 0 saturated carbocycles. The molecule has 0 bridgehead atoms. The van der Waals surface area contributed by atoms with Gasteiger partial charge in [0.2, 0.25) is 11.8 Å². The van der Waals surface area contributed by atoms with Crippen LogP contribution in [0.25, 0.3) is 4.85 Å². The second kappa shape index (κ2) is 9.96. The lowest BCUT2D eigenvalue weighted by molar-refractivity contribution is -0.147. The van der Waals surface area contributed by atoms with Gasteiger partial charge in [0.05, 0.1) is 18.0 Å². The number of carbonyl (C=O) groups excluding carboxylic acids is 3. The van der Waals surface area contributed by atoms with Gasteiger partial charge in [0.1, 0.15) is 11.5 Å². The van der Waals surface area contributed by atoms with Crippen LogP contribution in [0, 0.1) is 18.4 Å². The Kier molecular flexibility index (Phi) is 7.09. The highest BCUT2D eigenvalue weighted by molar-refractivity contribution is 6.07. The van der Waals surface area contributed by atoms with Crippen molar-refractivity contribution in [3.63, 3.8) is 0 Å². The van der Waals surface area contributed by atoms with Gasteiger partial charge in [-0.05, 0) is 29.9 Å². The molecule has 0 radical (unpaired) electrons. The lowest BCUT2D eigenvalue weighted by Gasteiger charge is -2.34. The van der Waals surface area contributed by atoms with E-state index < -0.39 is 23.5 Å². The topological polar surface area (TPSA) is 105 Å². The quantitative estimate of drug-likeness (QED) is 0.583. The zero-order valence-electron chi connectivity index (χ0n) is 22.3. The van der Waals surface area contributed by atoms with Crippen LogP contribution >= 0.6 is 0 Å². The summed E-state index contributed by atoms with van der Waals surface area (Å²) in [6, 6.07) is 6.67. The van der Waals surface area contributed by atoms with E-state index in [4.69, 9.17) is 6.57 Å². The number of likely N-dealkylation sites (N-methyl/N-ethyl adjacent to an activating group) is 1. The van der Waals surface area contributed by atoms with Gasteiger partial charge in [-0.3, -0.25) is 28.8 Å². The molecule has 2 aliphatic rings. The molecule has 4 atom stereocenters. The number of nitrogens with zero attached hydrogens (tertiary/aromatic N) is 6. The number of aromatic nitrogens is 3. The molecule has 10 heteroatoms. The number of anilines is 1. The Morgan fingerprint density at radius 3 is 2.57 bits per heavy atom. The highest BCUT2D eigenvalue weighted by atomic mass is 16.2. The number of likely N-dealkylation sites (tertiary alicyclic amines) is 1. The molecule has 10 nitrogen and oxygen atoms in total. The van der Waals surface area contributed by atoms with E-state index in [0.29, 0.717) is 12.1 Å². The van der Waals surface area contributed by atoms with E-state index in [1.165, 1.54) is 9.80 Å². The summed E-state index contributed by atoms with van der Waals surface area (Å²) in [5, 5.41) is 11.1.